The van der Waals surface area contributed by atoms with Crippen molar-refractivity contribution in [3.63, 3.8) is 0 Å². The number of carbonyl (C=O) groups is 2. The van der Waals surface area contributed by atoms with Crippen LogP contribution in [0.1, 0.15) is 43.4 Å². The van der Waals surface area contributed by atoms with Gasteiger partial charge in [0.2, 0.25) is 5.91 Å². The third kappa shape index (κ3) is 3.00. The number of hydrogen-bond acceptors (Lipinski definition) is 4. The maximum Gasteiger partial charge on any atom is 0.309 e. The van der Waals surface area contributed by atoms with Gasteiger partial charge in [-0.2, -0.15) is 0 Å². The van der Waals surface area contributed by atoms with Gasteiger partial charge in [0.25, 0.3) is 0 Å². The van der Waals surface area contributed by atoms with E-state index in [1.165, 1.54) is 11.3 Å². The van der Waals surface area contributed by atoms with Crippen LogP contribution in [0, 0.1) is 18.8 Å². The van der Waals surface area contributed by atoms with Crippen LogP contribution in [0.3, 0.4) is 0 Å². The van der Waals surface area contributed by atoms with E-state index in [0.717, 1.165) is 10.7 Å². The molecule has 0 saturated carbocycles. The summed E-state index contributed by atoms with van der Waals surface area (Å²) in [6.07, 6.45) is 0.705. The topological polar surface area (TPSA) is 70.5 Å². The largest absolute Gasteiger partial charge is 0.481 e. The van der Waals surface area contributed by atoms with Crippen LogP contribution in [0.25, 0.3) is 0 Å². The average molecular weight is 296 g/mol. The number of nitrogens with zero attached hydrogens (tertiary/aromatic N) is 2. The molecule has 110 valence electrons. The van der Waals surface area contributed by atoms with E-state index in [2.05, 4.69) is 4.98 Å². The third-order valence-electron chi connectivity index (χ3n) is 3.48. The fourth-order valence-electron chi connectivity index (χ4n) is 2.63. The molecule has 1 fully saturated rings. The van der Waals surface area contributed by atoms with Gasteiger partial charge in [-0.05, 0) is 19.3 Å². The minimum absolute atomic E-state index is 0.0362. The molecular weight excluding hydrogens is 276 g/mol. The van der Waals surface area contributed by atoms with Gasteiger partial charge in [-0.15, -0.1) is 11.3 Å². The molecule has 6 heteroatoms. The van der Waals surface area contributed by atoms with Crippen LogP contribution < -0.4 is 0 Å². The summed E-state index contributed by atoms with van der Waals surface area (Å²) in [5.74, 6) is -1.06. The number of aryl methyl sites for hydroxylation is 1. The lowest BCUT2D eigenvalue weighted by molar-refractivity contribution is -0.152. The molecule has 0 bridgehead atoms. The second-order valence-electron chi connectivity index (χ2n) is 5.70. The molecule has 0 aliphatic carbocycles. The first kappa shape index (κ1) is 15.0. The number of hydrogen-bond donors (Lipinski definition) is 1. The van der Waals surface area contributed by atoms with Crippen molar-refractivity contribution >= 4 is 23.2 Å². The molecule has 2 rings (SSSR count). The van der Waals surface area contributed by atoms with Crippen molar-refractivity contribution in [1.82, 2.24) is 9.88 Å². The fraction of sp³-hybridized carbons (Fsp3) is 0.643. The number of carbonyl (C=O) groups excluding carboxylic acids is 1. The SMILES string of the molecule is Cc1csc(C2C(C(=O)O)CCC(=O)N2CC(C)C)n1. The van der Waals surface area contributed by atoms with E-state index in [0.29, 0.717) is 25.3 Å². The van der Waals surface area contributed by atoms with E-state index in [1.807, 2.05) is 26.2 Å². The standard InChI is InChI=1S/C14H20N2O3S/c1-8(2)6-16-11(17)5-4-10(14(18)19)12(16)13-15-9(3)7-20-13/h7-8,10,12H,4-6H2,1-3H3,(H,18,19). The van der Waals surface area contributed by atoms with Crippen LogP contribution in [-0.4, -0.2) is 33.4 Å². The van der Waals surface area contributed by atoms with E-state index in [9.17, 15) is 14.7 Å². The molecule has 0 aromatic carbocycles. The number of carboxylic acid groups (broad SMARTS) is 1. The molecule has 1 aliphatic rings. The molecule has 0 spiro atoms. The van der Waals surface area contributed by atoms with Crippen LogP contribution in [0.4, 0.5) is 0 Å². The minimum atomic E-state index is -0.843. The lowest BCUT2D eigenvalue weighted by atomic mass is 9.88. The maximum absolute atomic E-state index is 12.2. The summed E-state index contributed by atoms with van der Waals surface area (Å²) in [5, 5.41) is 12.1. The first-order chi connectivity index (χ1) is 9.40. The summed E-state index contributed by atoms with van der Waals surface area (Å²) < 4.78 is 0. The predicted molar refractivity (Wildman–Crippen MR) is 76.5 cm³/mol. The molecule has 2 unspecified atom stereocenters. The molecule has 20 heavy (non-hydrogen) atoms. The smallest absolute Gasteiger partial charge is 0.309 e. The Morgan fingerprint density at radius 1 is 1.60 bits per heavy atom. The van der Waals surface area contributed by atoms with Crippen molar-refractivity contribution in [2.45, 2.75) is 39.7 Å². The zero-order valence-corrected chi connectivity index (χ0v) is 12.8. The second kappa shape index (κ2) is 5.91. The highest BCUT2D eigenvalue weighted by molar-refractivity contribution is 7.09. The minimum Gasteiger partial charge on any atom is -0.481 e. The summed E-state index contributed by atoms with van der Waals surface area (Å²) in [6.45, 7) is 6.52. The Hall–Kier alpha value is -1.43. The Morgan fingerprint density at radius 3 is 2.80 bits per heavy atom. The van der Waals surface area contributed by atoms with E-state index in [1.54, 1.807) is 4.90 Å². The molecule has 0 radical (unpaired) electrons. The van der Waals surface area contributed by atoms with E-state index in [-0.39, 0.29) is 5.91 Å². The first-order valence-electron chi connectivity index (χ1n) is 6.84. The molecule has 1 saturated heterocycles. The Morgan fingerprint density at radius 2 is 2.30 bits per heavy atom. The number of likely N-dealkylation sites (tertiary alicyclic amines) is 1. The molecule has 1 amide bonds. The fourth-order valence-corrected chi connectivity index (χ4v) is 3.61. The lowest BCUT2D eigenvalue weighted by Gasteiger charge is -2.39. The summed E-state index contributed by atoms with van der Waals surface area (Å²) in [4.78, 5) is 29.9. The van der Waals surface area contributed by atoms with E-state index >= 15 is 0 Å². The van der Waals surface area contributed by atoms with Gasteiger partial charge in [-0.3, -0.25) is 9.59 Å². The van der Waals surface area contributed by atoms with E-state index < -0.39 is 17.9 Å². The number of piperidine rings is 1. The van der Waals surface area contributed by atoms with Gasteiger partial charge in [0.15, 0.2) is 0 Å². The summed E-state index contributed by atoms with van der Waals surface area (Å²) in [6, 6.07) is -0.421. The molecule has 5 nitrogen and oxygen atoms in total. The van der Waals surface area contributed by atoms with Crippen molar-refractivity contribution in [2.75, 3.05) is 6.54 Å². The maximum atomic E-state index is 12.2. The van der Waals surface area contributed by atoms with Crippen molar-refractivity contribution in [3.8, 4) is 0 Å². The molecule has 2 heterocycles. The summed E-state index contributed by atoms with van der Waals surface area (Å²) in [5.41, 5.74) is 0.872. The number of carboxylic acids is 1. The van der Waals surface area contributed by atoms with Crippen LogP contribution in [-0.2, 0) is 9.59 Å². The molecule has 1 aliphatic heterocycles. The zero-order valence-electron chi connectivity index (χ0n) is 12.0. The van der Waals surface area contributed by atoms with Crippen molar-refractivity contribution < 1.29 is 14.7 Å². The molecule has 2 atom stereocenters. The van der Waals surface area contributed by atoms with Crippen LogP contribution in [0.15, 0.2) is 5.38 Å². The zero-order chi connectivity index (χ0) is 14.9. The van der Waals surface area contributed by atoms with Crippen LogP contribution in [0.5, 0.6) is 0 Å². The van der Waals surface area contributed by atoms with Crippen LogP contribution >= 0.6 is 11.3 Å². The highest BCUT2D eigenvalue weighted by Crippen LogP contribution is 2.38. The lowest BCUT2D eigenvalue weighted by Crippen LogP contribution is -2.46. The summed E-state index contributed by atoms with van der Waals surface area (Å²) >= 11 is 1.44. The van der Waals surface area contributed by atoms with Gasteiger partial charge in [-0.25, -0.2) is 4.98 Å². The van der Waals surface area contributed by atoms with Crippen LogP contribution in [0.2, 0.25) is 0 Å². The highest BCUT2D eigenvalue weighted by Gasteiger charge is 2.42. The van der Waals surface area contributed by atoms with Gasteiger partial charge < -0.3 is 10.0 Å². The Labute approximate surface area is 122 Å². The normalized spacial score (nSPS) is 23.4. The first-order valence-corrected chi connectivity index (χ1v) is 7.72. The Bertz CT molecular complexity index is 512. The van der Waals surface area contributed by atoms with E-state index in [4.69, 9.17) is 0 Å². The average Bonchev–Trinajstić information content (AvgIpc) is 2.77. The Kier molecular flexibility index (Phi) is 4.42. The molecule has 1 aromatic heterocycles. The predicted octanol–water partition coefficient (Wildman–Crippen LogP) is 2.47. The monoisotopic (exact) mass is 296 g/mol. The Balaban J connectivity index is 2.38. The number of aliphatic carboxylic acids is 1. The van der Waals surface area contributed by atoms with Gasteiger partial charge >= 0.3 is 5.97 Å². The van der Waals surface area contributed by atoms with Gasteiger partial charge in [-0.1, -0.05) is 13.8 Å². The molecule has 1 aromatic rings. The molecule has 1 N–H and O–H groups in total. The van der Waals surface area contributed by atoms with Gasteiger partial charge in [0, 0.05) is 24.0 Å². The second-order valence-corrected chi connectivity index (χ2v) is 6.58. The number of thiazole rings is 1. The van der Waals surface area contributed by atoms with Gasteiger partial charge in [0.05, 0.1) is 12.0 Å². The number of rotatable bonds is 4. The quantitative estimate of drug-likeness (QED) is 0.926. The summed E-state index contributed by atoms with van der Waals surface area (Å²) in [7, 11) is 0. The van der Waals surface area contributed by atoms with Crippen molar-refractivity contribution in [2.24, 2.45) is 11.8 Å². The number of aromatic nitrogens is 1. The third-order valence-corrected chi connectivity index (χ3v) is 4.51. The van der Waals surface area contributed by atoms with Crippen molar-refractivity contribution in [3.05, 3.63) is 16.1 Å². The molecular formula is C14H20N2O3S. The van der Waals surface area contributed by atoms with Gasteiger partial charge in [0.1, 0.15) is 5.01 Å². The van der Waals surface area contributed by atoms with Crippen molar-refractivity contribution in [1.29, 1.82) is 0 Å². The highest BCUT2D eigenvalue weighted by atomic mass is 32.1. The number of amides is 1.